The summed E-state index contributed by atoms with van der Waals surface area (Å²) in [7, 11) is 0. The van der Waals surface area contributed by atoms with Gasteiger partial charge in [-0.25, -0.2) is 13.6 Å². The lowest BCUT2D eigenvalue weighted by Gasteiger charge is -2.32. The Morgan fingerprint density at radius 3 is 2.33 bits per heavy atom. The molecule has 2 aromatic rings. The van der Waals surface area contributed by atoms with Crippen molar-refractivity contribution in [2.24, 2.45) is 23.7 Å². The van der Waals surface area contributed by atoms with Crippen LogP contribution in [0.15, 0.2) is 42.5 Å². The van der Waals surface area contributed by atoms with Crippen LogP contribution < -0.4 is 4.74 Å². The van der Waals surface area contributed by atoms with Crippen molar-refractivity contribution in [3.63, 3.8) is 0 Å². The first-order valence-electron chi connectivity index (χ1n) is 13.1. The maximum Gasteiger partial charge on any atom is 0.410 e. The normalized spacial score (nSPS) is 22.7. The fraction of sp³-hybridized carbons (Fsp3) is 0.517. The minimum Gasteiger partial charge on any atom is -0.493 e. The zero-order chi connectivity index (χ0) is 25.2. The van der Waals surface area contributed by atoms with Gasteiger partial charge in [0.05, 0.1) is 12.2 Å². The average Bonchev–Trinajstić information content (AvgIpc) is 3.79. The molecule has 3 aliphatic rings. The van der Waals surface area contributed by atoms with Gasteiger partial charge in [0.15, 0.2) is 5.78 Å². The first kappa shape index (κ1) is 24.7. The number of rotatable bonds is 9. The van der Waals surface area contributed by atoms with Gasteiger partial charge in [-0.05, 0) is 68.8 Å². The third-order valence-corrected chi connectivity index (χ3v) is 7.89. The molecule has 1 unspecified atom stereocenters. The van der Waals surface area contributed by atoms with Crippen LogP contribution in [0.4, 0.5) is 13.6 Å². The molecule has 5 nitrogen and oxygen atoms in total. The highest BCUT2D eigenvalue weighted by molar-refractivity contribution is 5.99. The Hall–Kier alpha value is -2.96. The highest BCUT2D eigenvalue weighted by Crippen LogP contribution is 2.49. The lowest BCUT2D eigenvalue weighted by molar-refractivity contribution is 0.0570. The predicted molar refractivity (Wildman–Crippen MR) is 131 cm³/mol. The van der Waals surface area contributed by atoms with Crippen molar-refractivity contribution in [2.45, 2.75) is 51.6 Å². The minimum absolute atomic E-state index is 0.131. The molecule has 0 radical (unpaired) electrons. The van der Waals surface area contributed by atoms with Crippen LogP contribution in [0.3, 0.4) is 0 Å². The number of benzene rings is 2. The molecule has 1 amide bonds. The Balaban J connectivity index is 1.02. The smallest absolute Gasteiger partial charge is 0.410 e. The van der Waals surface area contributed by atoms with Crippen molar-refractivity contribution in [3.05, 3.63) is 65.2 Å². The van der Waals surface area contributed by atoms with Gasteiger partial charge >= 0.3 is 6.09 Å². The molecule has 3 atom stereocenters. The molecule has 1 heterocycles. The molecule has 2 saturated carbocycles. The number of nitrogens with zero attached hydrogens (tertiary/aromatic N) is 1. The van der Waals surface area contributed by atoms with Crippen molar-refractivity contribution in [3.8, 4) is 5.75 Å². The summed E-state index contributed by atoms with van der Waals surface area (Å²) in [5.41, 5.74) is 0.550. The topological polar surface area (TPSA) is 55.8 Å². The lowest BCUT2D eigenvalue weighted by Crippen LogP contribution is -2.39. The summed E-state index contributed by atoms with van der Waals surface area (Å²) < 4.78 is 39.9. The maximum atomic E-state index is 14.3. The molecule has 0 spiro atoms. The van der Waals surface area contributed by atoms with Crippen LogP contribution in [0, 0.1) is 35.3 Å². The van der Waals surface area contributed by atoms with E-state index in [4.69, 9.17) is 9.47 Å². The van der Waals surface area contributed by atoms with Gasteiger partial charge in [0.25, 0.3) is 0 Å². The van der Waals surface area contributed by atoms with Crippen molar-refractivity contribution < 1.29 is 27.8 Å². The molecule has 1 aliphatic heterocycles. The van der Waals surface area contributed by atoms with Crippen LogP contribution >= 0.6 is 0 Å². The molecule has 3 fully saturated rings. The lowest BCUT2D eigenvalue weighted by atomic mass is 9.91. The number of piperidine rings is 1. The van der Waals surface area contributed by atoms with E-state index in [0.29, 0.717) is 50.3 Å². The Morgan fingerprint density at radius 2 is 1.69 bits per heavy atom. The number of halogens is 2. The summed E-state index contributed by atoms with van der Waals surface area (Å²) >= 11 is 0. The fourth-order valence-electron chi connectivity index (χ4n) is 5.45. The summed E-state index contributed by atoms with van der Waals surface area (Å²) in [6, 6.07) is 12.0. The number of hydrogen-bond acceptors (Lipinski definition) is 4. The summed E-state index contributed by atoms with van der Waals surface area (Å²) in [5.74, 6) is -0.493. The molecule has 0 bridgehead atoms. The highest BCUT2D eigenvalue weighted by atomic mass is 19.1. The largest absolute Gasteiger partial charge is 0.493 e. The SMILES string of the molecule is CC(OC(=O)N1CCC([C@H]2C[C@H]2CCOc2cc(F)c(C(=O)C3CC3)c(F)c2)CC1)c1ccccc1. The third-order valence-electron chi connectivity index (χ3n) is 7.89. The molecule has 1 saturated heterocycles. The Bertz CT molecular complexity index is 1070. The second kappa shape index (κ2) is 10.6. The molecule has 0 N–H and O–H groups in total. The maximum absolute atomic E-state index is 14.3. The summed E-state index contributed by atoms with van der Waals surface area (Å²) in [6.07, 6.45) is 4.75. The predicted octanol–water partition coefficient (Wildman–Crippen LogP) is 6.57. The van der Waals surface area contributed by atoms with Crippen molar-refractivity contribution in [1.82, 2.24) is 4.90 Å². The summed E-state index contributed by atoms with van der Waals surface area (Å²) in [4.78, 5) is 26.4. The monoisotopic (exact) mass is 497 g/mol. The Labute approximate surface area is 210 Å². The van der Waals surface area contributed by atoms with Crippen molar-refractivity contribution in [1.29, 1.82) is 0 Å². The van der Waals surface area contributed by atoms with Gasteiger partial charge in [-0.2, -0.15) is 0 Å². The Morgan fingerprint density at radius 1 is 1.03 bits per heavy atom. The number of Topliss-reactive ketones (excluding diaryl/α,β-unsaturated/α-hetero) is 1. The van der Waals surface area contributed by atoms with Crippen LogP contribution in [0.5, 0.6) is 5.75 Å². The average molecular weight is 498 g/mol. The van der Waals surface area contributed by atoms with E-state index in [2.05, 4.69) is 0 Å². The van der Waals surface area contributed by atoms with Crippen LogP contribution in [0.1, 0.15) is 67.5 Å². The number of hydrogen-bond donors (Lipinski definition) is 0. The number of likely N-dealkylation sites (tertiary alicyclic amines) is 1. The van der Waals surface area contributed by atoms with E-state index in [1.54, 1.807) is 4.90 Å². The van der Waals surface area contributed by atoms with Crippen LogP contribution in [-0.4, -0.2) is 36.5 Å². The van der Waals surface area contributed by atoms with E-state index < -0.39 is 23.0 Å². The van der Waals surface area contributed by atoms with Crippen molar-refractivity contribution in [2.75, 3.05) is 19.7 Å². The van der Waals surface area contributed by atoms with E-state index in [1.807, 2.05) is 37.3 Å². The quantitative estimate of drug-likeness (QED) is 0.368. The van der Waals surface area contributed by atoms with Crippen LogP contribution in [-0.2, 0) is 4.74 Å². The van der Waals surface area contributed by atoms with Gasteiger partial charge in [0, 0.05) is 31.1 Å². The summed E-state index contributed by atoms with van der Waals surface area (Å²) in [5, 5.41) is 0. The molecule has 5 rings (SSSR count). The second-order valence-corrected chi connectivity index (χ2v) is 10.5. The number of carbonyl (C=O) groups is 2. The first-order chi connectivity index (χ1) is 17.4. The first-order valence-corrected chi connectivity index (χ1v) is 13.1. The van der Waals surface area contributed by atoms with E-state index in [1.165, 1.54) is 0 Å². The van der Waals surface area contributed by atoms with Crippen LogP contribution in [0.2, 0.25) is 0 Å². The molecule has 2 aliphatic carbocycles. The fourth-order valence-corrected chi connectivity index (χ4v) is 5.45. The zero-order valence-corrected chi connectivity index (χ0v) is 20.6. The van der Waals surface area contributed by atoms with Gasteiger partial charge in [0.1, 0.15) is 23.5 Å². The number of carbonyl (C=O) groups excluding carboxylic acids is 2. The summed E-state index contributed by atoms with van der Waals surface area (Å²) in [6.45, 7) is 3.69. The zero-order valence-electron chi connectivity index (χ0n) is 20.6. The minimum atomic E-state index is -0.838. The highest BCUT2D eigenvalue weighted by Gasteiger charge is 2.43. The molecule has 2 aromatic carbocycles. The molecular weight excluding hydrogens is 464 g/mol. The number of ketones is 1. The van der Waals surface area contributed by atoms with Gasteiger partial charge in [-0.15, -0.1) is 0 Å². The van der Waals surface area contributed by atoms with E-state index in [0.717, 1.165) is 43.4 Å². The van der Waals surface area contributed by atoms with Gasteiger partial charge in [0.2, 0.25) is 0 Å². The number of ether oxygens (including phenoxy) is 2. The van der Waals surface area contributed by atoms with E-state index in [9.17, 15) is 18.4 Å². The molecule has 0 aromatic heterocycles. The molecular formula is C29H33F2NO4. The van der Waals surface area contributed by atoms with E-state index in [-0.39, 0.29) is 23.9 Å². The number of amides is 1. The van der Waals surface area contributed by atoms with Gasteiger partial charge in [-0.1, -0.05) is 30.3 Å². The molecule has 36 heavy (non-hydrogen) atoms. The van der Waals surface area contributed by atoms with Crippen molar-refractivity contribution >= 4 is 11.9 Å². The molecule has 7 heteroatoms. The van der Waals surface area contributed by atoms with Gasteiger partial charge in [-0.3, -0.25) is 4.79 Å². The second-order valence-electron chi connectivity index (χ2n) is 10.5. The van der Waals surface area contributed by atoms with Crippen LogP contribution in [0.25, 0.3) is 0 Å². The Kier molecular flexibility index (Phi) is 7.26. The third kappa shape index (κ3) is 5.71. The van der Waals surface area contributed by atoms with E-state index >= 15 is 0 Å². The molecule has 192 valence electrons. The van der Waals surface area contributed by atoms with Gasteiger partial charge < -0.3 is 14.4 Å². The standard InChI is InChI=1S/C29H33F2NO4/c1-18(19-5-3-2-4-6-19)36-29(34)32-12-9-20(10-13-32)24-15-22(24)11-14-35-23-16-25(30)27(26(31)17-23)28(33)21-7-8-21/h2-6,16-18,20-22,24H,7-15H2,1H3/t18?,22-,24-/m1/s1.